The summed E-state index contributed by atoms with van der Waals surface area (Å²) < 4.78 is 27.7. The quantitative estimate of drug-likeness (QED) is 0.159. The number of piperazine rings is 1. The van der Waals surface area contributed by atoms with Gasteiger partial charge in [-0.15, -0.1) is 0 Å². The van der Waals surface area contributed by atoms with E-state index in [1.54, 1.807) is 0 Å². The van der Waals surface area contributed by atoms with Crippen LogP contribution in [0, 0.1) is 0 Å². The van der Waals surface area contributed by atoms with Crippen LogP contribution in [0.15, 0.2) is 54.6 Å². The van der Waals surface area contributed by atoms with E-state index in [9.17, 15) is 4.79 Å². The minimum absolute atomic E-state index is 0.190. The number of rotatable bonds is 19. The SMILES string of the molecule is CC(C)(C)OC(=O)CCCOCCOCCOCCOCCN1CCN(C(c2ccccc2)c2ccc(Cl)cc2)CC1. The van der Waals surface area contributed by atoms with Gasteiger partial charge in [0.25, 0.3) is 0 Å². The number of nitrogens with zero attached hydrogens (tertiary/aromatic N) is 2. The Morgan fingerprint density at radius 3 is 1.83 bits per heavy atom. The van der Waals surface area contributed by atoms with Gasteiger partial charge in [-0.2, -0.15) is 0 Å². The highest BCUT2D eigenvalue weighted by Crippen LogP contribution is 2.30. The van der Waals surface area contributed by atoms with Crippen molar-refractivity contribution in [2.75, 3.05) is 85.6 Å². The molecule has 1 aliphatic rings. The van der Waals surface area contributed by atoms with Crippen molar-refractivity contribution in [3.05, 3.63) is 70.7 Å². The Morgan fingerprint density at radius 2 is 1.26 bits per heavy atom. The van der Waals surface area contributed by atoms with Gasteiger partial charge in [-0.1, -0.05) is 54.1 Å². The van der Waals surface area contributed by atoms with E-state index in [1.807, 2.05) is 32.9 Å². The first-order chi connectivity index (χ1) is 20.3. The van der Waals surface area contributed by atoms with E-state index in [4.69, 9.17) is 35.3 Å². The fraction of sp³-hybridized carbons (Fsp3) is 0.606. The smallest absolute Gasteiger partial charge is 0.306 e. The fourth-order valence-corrected chi connectivity index (χ4v) is 4.93. The largest absolute Gasteiger partial charge is 0.460 e. The summed E-state index contributed by atoms with van der Waals surface area (Å²) >= 11 is 6.16. The third-order valence-corrected chi connectivity index (χ3v) is 7.08. The van der Waals surface area contributed by atoms with Gasteiger partial charge in [0.1, 0.15) is 5.60 Å². The summed E-state index contributed by atoms with van der Waals surface area (Å²) in [6.45, 7) is 15.0. The topological polar surface area (TPSA) is 69.7 Å². The van der Waals surface area contributed by atoms with E-state index >= 15 is 0 Å². The van der Waals surface area contributed by atoms with Crippen LogP contribution >= 0.6 is 11.6 Å². The van der Waals surface area contributed by atoms with Gasteiger partial charge in [0.15, 0.2) is 0 Å². The van der Waals surface area contributed by atoms with Gasteiger partial charge in [-0.25, -0.2) is 0 Å². The second kappa shape index (κ2) is 19.3. The molecule has 0 aromatic heterocycles. The Morgan fingerprint density at radius 1 is 0.738 bits per heavy atom. The summed E-state index contributed by atoms with van der Waals surface area (Å²) in [6.07, 6.45) is 1.01. The molecule has 234 valence electrons. The van der Waals surface area contributed by atoms with Gasteiger partial charge in [0.2, 0.25) is 0 Å². The van der Waals surface area contributed by atoms with Crippen molar-refractivity contribution in [2.45, 2.75) is 45.3 Å². The predicted molar refractivity (Wildman–Crippen MR) is 166 cm³/mol. The average molecular weight is 605 g/mol. The Kier molecular flexibility index (Phi) is 15.8. The van der Waals surface area contributed by atoms with Crippen molar-refractivity contribution in [2.24, 2.45) is 0 Å². The molecule has 2 aromatic carbocycles. The molecule has 1 heterocycles. The molecule has 8 nitrogen and oxygen atoms in total. The standard InChI is InChI=1S/C33H49ClN2O6/c1-33(2,3)42-31(37)10-7-20-38-22-24-40-26-27-41-25-23-39-21-19-35-15-17-36(18-16-35)32(28-8-5-4-6-9-28)29-11-13-30(34)14-12-29/h4-6,8-9,11-14,32H,7,10,15-27H2,1-3H3. The van der Waals surface area contributed by atoms with E-state index in [0.29, 0.717) is 65.7 Å². The van der Waals surface area contributed by atoms with Crippen LogP contribution in [0.25, 0.3) is 0 Å². The second-order valence-electron chi connectivity index (χ2n) is 11.4. The van der Waals surface area contributed by atoms with Crippen LogP contribution in [0.2, 0.25) is 5.02 Å². The van der Waals surface area contributed by atoms with Crippen LogP contribution in [0.1, 0.15) is 50.8 Å². The number of hydrogen-bond acceptors (Lipinski definition) is 8. The van der Waals surface area contributed by atoms with Crippen LogP contribution in [0.3, 0.4) is 0 Å². The first-order valence-corrected chi connectivity index (χ1v) is 15.5. The summed E-state index contributed by atoms with van der Waals surface area (Å²) in [5, 5.41) is 0.765. The minimum atomic E-state index is -0.441. The summed E-state index contributed by atoms with van der Waals surface area (Å²) in [4.78, 5) is 16.7. The van der Waals surface area contributed by atoms with Crippen molar-refractivity contribution >= 4 is 17.6 Å². The maximum absolute atomic E-state index is 11.6. The van der Waals surface area contributed by atoms with E-state index in [2.05, 4.69) is 52.3 Å². The molecule has 1 fully saturated rings. The molecule has 0 saturated carbocycles. The molecule has 42 heavy (non-hydrogen) atoms. The molecule has 1 aliphatic heterocycles. The zero-order valence-electron chi connectivity index (χ0n) is 25.6. The fourth-order valence-electron chi connectivity index (χ4n) is 4.81. The normalized spacial score (nSPS) is 15.5. The van der Waals surface area contributed by atoms with Crippen molar-refractivity contribution in [3.63, 3.8) is 0 Å². The number of hydrogen-bond donors (Lipinski definition) is 0. The second-order valence-corrected chi connectivity index (χ2v) is 11.8. The lowest BCUT2D eigenvalue weighted by Gasteiger charge is -2.39. The lowest BCUT2D eigenvalue weighted by atomic mass is 9.96. The van der Waals surface area contributed by atoms with Crippen LogP contribution in [0.4, 0.5) is 0 Å². The molecule has 0 spiro atoms. The van der Waals surface area contributed by atoms with E-state index in [0.717, 1.165) is 37.7 Å². The molecule has 2 aromatic rings. The van der Waals surface area contributed by atoms with Crippen molar-refractivity contribution in [1.82, 2.24) is 9.80 Å². The molecule has 1 atom stereocenters. The number of esters is 1. The maximum Gasteiger partial charge on any atom is 0.306 e. The van der Waals surface area contributed by atoms with Gasteiger partial charge in [-0.05, 0) is 50.5 Å². The highest BCUT2D eigenvalue weighted by Gasteiger charge is 2.26. The molecule has 0 radical (unpaired) electrons. The van der Waals surface area contributed by atoms with E-state index in [1.165, 1.54) is 11.1 Å². The molecule has 0 bridgehead atoms. The van der Waals surface area contributed by atoms with Gasteiger partial charge in [-0.3, -0.25) is 14.6 Å². The molecule has 9 heteroatoms. The lowest BCUT2D eigenvalue weighted by Crippen LogP contribution is -2.48. The summed E-state index contributed by atoms with van der Waals surface area (Å²) in [5.41, 5.74) is 2.14. The Labute approximate surface area is 257 Å². The maximum atomic E-state index is 11.6. The van der Waals surface area contributed by atoms with Crippen LogP contribution in [-0.4, -0.2) is 107 Å². The van der Waals surface area contributed by atoms with Gasteiger partial charge >= 0.3 is 5.97 Å². The number of halogens is 1. The Hall–Kier alpha value is -2.04. The van der Waals surface area contributed by atoms with E-state index < -0.39 is 5.60 Å². The molecule has 0 N–H and O–H groups in total. The highest BCUT2D eigenvalue weighted by atomic mass is 35.5. The Bertz CT molecular complexity index is 994. The molecule has 0 aliphatic carbocycles. The van der Waals surface area contributed by atoms with Crippen molar-refractivity contribution in [1.29, 1.82) is 0 Å². The first-order valence-electron chi connectivity index (χ1n) is 15.1. The lowest BCUT2D eigenvalue weighted by molar-refractivity contribution is -0.155. The van der Waals surface area contributed by atoms with Crippen molar-refractivity contribution < 1.29 is 28.5 Å². The molecular weight excluding hydrogens is 556 g/mol. The number of benzene rings is 2. The van der Waals surface area contributed by atoms with Crippen LogP contribution < -0.4 is 0 Å². The van der Waals surface area contributed by atoms with Gasteiger partial charge in [0.05, 0.1) is 52.3 Å². The van der Waals surface area contributed by atoms with Crippen LogP contribution in [-0.2, 0) is 28.5 Å². The monoisotopic (exact) mass is 604 g/mol. The van der Waals surface area contributed by atoms with E-state index in [-0.39, 0.29) is 12.0 Å². The third kappa shape index (κ3) is 14.0. The van der Waals surface area contributed by atoms with Crippen molar-refractivity contribution in [3.8, 4) is 0 Å². The molecular formula is C33H49ClN2O6. The zero-order chi connectivity index (χ0) is 30.0. The van der Waals surface area contributed by atoms with Crippen LogP contribution in [0.5, 0.6) is 0 Å². The molecule has 0 amide bonds. The minimum Gasteiger partial charge on any atom is -0.460 e. The predicted octanol–water partition coefficient (Wildman–Crippen LogP) is 5.24. The number of carbonyl (C=O) groups is 1. The number of ether oxygens (including phenoxy) is 5. The van der Waals surface area contributed by atoms with Gasteiger partial charge in [0, 0.05) is 50.8 Å². The van der Waals surface area contributed by atoms with Gasteiger partial charge < -0.3 is 23.7 Å². The zero-order valence-corrected chi connectivity index (χ0v) is 26.4. The molecule has 1 saturated heterocycles. The first kappa shape index (κ1) is 34.5. The molecule has 3 rings (SSSR count). The third-order valence-electron chi connectivity index (χ3n) is 6.83. The molecule has 1 unspecified atom stereocenters. The summed E-state index contributed by atoms with van der Waals surface area (Å²) in [5.74, 6) is -0.190. The summed E-state index contributed by atoms with van der Waals surface area (Å²) in [7, 11) is 0. The average Bonchev–Trinajstić information content (AvgIpc) is 2.96. The highest BCUT2D eigenvalue weighted by molar-refractivity contribution is 6.30. The Balaban J connectivity index is 1.16. The summed E-state index contributed by atoms with van der Waals surface area (Å²) in [6, 6.07) is 19.2. The number of carbonyl (C=O) groups excluding carboxylic acids is 1.